The van der Waals surface area contributed by atoms with E-state index in [0.717, 1.165) is 36.3 Å². The second-order valence-electron chi connectivity index (χ2n) is 10.5. The van der Waals surface area contributed by atoms with Crippen molar-refractivity contribution in [1.82, 2.24) is 0 Å². The zero-order chi connectivity index (χ0) is 22.0. The van der Waals surface area contributed by atoms with Gasteiger partial charge in [0.15, 0.2) is 0 Å². The minimum Gasteiger partial charge on any atom is -1.00 e. The first-order chi connectivity index (χ1) is 14.2. The van der Waals surface area contributed by atoms with Crippen molar-refractivity contribution in [2.75, 3.05) is 47.0 Å². The summed E-state index contributed by atoms with van der Waals surface area (Å²) in [6.45, 7) is 13.5. The lowest BCUT2D eigenvalue weighted by Gasteiger charge is -2.41. The molecule has 0 saturated carbocycles. The molecule has 0 spiro atoms. The fourth-order valence-electron chi connectivity index (χ4n) is 4.60. The molecular weight excluding hydrogens is 406 g/mol. The van der Waals surface area contributed by atoms with Crippen LogP contribution in [0.5, 0.6) is 5.75 Å². The molecule has 1 atom stereocenters. The molecule has 3 nitrogen and oxygen atoms in total. The molecule has 0 aromatic heterocycles. The Balaban J connectivity index is 0.00000480. The van der Waals surface area contributed by atoms with Gasteiger partial charge in [-0.25, -0.2) is 0 Å². The maximum absolute atomic E-state index is 5.88. The fourth-order valence-corrected chi connectivity index (χ4v) is 4.60. The second-order valence-corrected chi connectivity index (χ2v) is 10.5. The Hall–Kier alpha value is -1.29. The molecule has 2 rings (SSSR count). The van der Waals surface area contributed by atoms with Gasteiger partial charge >= 0.3 is 0 Å². The monoisotopic (exact) mass is 449 g/mol. The Kier molecular flexibility index (Phi) is 11.9. The predicted octanol–water partition coefficient (Wildman–Crippen LogP) is 3.13. The van der Waals surface area contributed by atoms with Gasteiger partial charge < -0.3 is 26.4 Å². The molecule has 0 aliphatic heterocycles. The van der Waals surface area contributed by atoms with Crippen LogP contribution in [0.15, 0.2) is 54.1 Å². The number of hydrogen-bond donors (Lipinski definition) is 0. The van der Waals surface area contributed by atoms with E-state index in [-0.39, 0.29) is 17.8 Å². The van der Waals surface area contributed by atoms with Gasteiger partial charge in [-0.1, -0.05) is 69.7 Å². The summed E-state index contributed by atoms with van der Waals surface area (Å²) in [5, 5.41) is 0. The highest BCUT2D eigenvalue weighted by atomic mass is 35.5. The third-order valence-corrected chi connectivity index (χ3v) is 5.70. The largest absolute Gasteiger partial charge is 1.00 e. The molecule has 1 aromatic rings. The molecule has 0 N–H and O–H groups in total. The molecule has 0 heterocycles. The van der Waals surface area contributed by atoms with Gasteiger partial charge in [0.05, 0.1) is 33.9 Å². The Morgan fingerprint density at radius 3 is 2.26 bits per heavy atom. The van der Waals surface area contributed by atoms with Crippen molar-refractivity contribution < 1.29 is 26.4 Å². The molecule has 1 aliphatic rings. The summed E-state index contributed by atoms with van der Waals surface area (Å²) in [4.78, 5) is 0. The van der Waals surface area contributed by atoms with Crippen LogP contribution in [-0.2, 0) is 4.74 Å². The third kappa shape index (κ3) is 10.7. The van der Waals surface area contributed by atoms with Crippen molar-refractivity contribution in [3.8, 4) is 5.75 Å². The van der Waals surface area contributed by atoms with Gasteiger partial charge in [0.1, 0.15) is 18.9 Å². The Labute approximate surface area is 197 Å². The van der Waals surface area contributed by atoms with E-state index >= 15 is 0 Å². The van der Waals surface area contributed by atoms with Crippen LogP contribution in [0.3, 0.4) is 0 Å². The van der Waals surface area contributed by atoms with Crippen LogP contribution < -0.4 is 17.1 Å². The zero-order valence-electron chi connectivity index (χ0n) is 20.6. The van der Waals surface area contributed by atoms with Gasteiger partial charge in [-0.05, 0) is 43.2 Å². The zero-order valence-corrected chi connectivity index (χ0v) is 21.3. The van der Waals surface area contributed by atoms with Crippen LogP contribution in [0.2, 0.25) is 0 Å². The molecule has 1 aromatic carbocycles. The summed E-state index contributed by atoms with van der Waals surface area (Å²) >= 11 is 0. The van der Waals surface area contributed by atoms with Crippen molar-refractivity contribution in [3.63, 3.8) is 0 Å². The van der Waals surface area contributed by atoms with Crippen molar-refractivity contribution in [2.24, 2.45) is 17.3 Å². The molecule has 0 amide bonds. The molecule has 0 fully saturated rings. The van der Waals surface area contributed by atoms with E-state index in [1.807, 2.05) is 30.3 Å². The number of para-hydroxylation sites is 1. The molecule has 31 heavy (non-hydrogen) atoms. The first-order valence-corrected chi connectivity index (χ1v) is 11.7. The summed E-state index contributed by atoms with van der Waals surface area (Å²) in [6, 6.07) is 9.94. The van der Waals surface area contributed by atoms with Gasteiger partial charge in [0, 0.05) is 5.41 Å². The van der Waals surface area contributed by atoms with Crippen molar-refractivity contribution in [1.29, 1.82) is 0 Å². The number of halogens is 1. The highest BCUT2D eigenvalue weighted by Gasteiger charge is 2.36. The number of nitrogens with zero attached hydrogens (tertiary/aromatic N) is 1. The van der Waals surface area contributed by atoms with E-state index in [1.54, 1.807) is 0 Å². The number of likely N-dealkylation sites (N-methyl/N-ethyl adjacent to an activating group) is 1. The standard InChI is InChI=1S/C27H44NO2.ClH/c1-23(2)20-25-12-14-27(15-13-25,21-24(3)4)22-28(5,6)16-17-29-18-19-30-26-10-8-7-9-11-26;/h7-14,23-24H,15-22H2,1-6H3;1H/q+1;/p-1. The number of quaternary nitrogens is 1. The van der Waals surface area contributed by atoms with Crippen molar-refractivity contribution in [3.05, 3.63) is 54.1 Å². The van der Waals surface area contributed by atoms with Crippen LogP contribution in [0.25, 0.3) is 0 Å². The van der Waals surface area contributed by atoms with Crippen LogP contribution in [0, 0.1) is 17.3 Å². The first-order valence-electron chi connectivity index (χ1n) is 11.7. The average Bonchev–Trinajstić information content (AvgIpc) is 2.66. The van der Waals surface area contributed by atoms with E-state index in [1.165, 1.54) is 18.4 Å². The SMILES string of the molecule is CC(C)CC1=CCC(CC(C)C)(C[N+](C)(C)CCOCCOc2ccccc2)C=C1.[Cl-]. The van der Waals surface area contributed by atoms with Gasteiger partial charge in [0.2, 0.25) is 0 Å². The summed E-state index contributed by atoms with van der Waals surface area (Å²) in [5.41, 5.74) is 1.77. The van der Waals surface area contributed by atoms with E-state index in [4.69, 9.17) is 9.47 Å². The van der Waals surface area contributed by atoms with Crippen LogP contribution >= 0.6 is 0 Å². The second kappa shape index (κ2) is 13.3. The van der Waals surface area contributed by atoms with Crippen LogP contribution in [0.4, 0.5) is 0 Å². The van der Waals surface area contributed by atoms with Gasteiger partial charge in [-0.2, -0.15) is 0 Å². The molecule has 0 bridgehead atoms. The topological polar surface area (TPSA) is 18.5 Å². The number of rotatable bonds is 13. The van der Waals surface area contributed by atoms with Gasteiger partial charge in [-0.15, -0.1) is 0 Å². The normalized spacial score (nSPS) is 18.8. The van der Waals surface area contributed by atoms with E-state index in [9.17, 15) is 0 Å². The molecular formula is C27H44ClNO2. The number of hydrogen-bond acceptors (Lipinski definition) is 2. The summed E-state index contributed by atoms with van der Waals surface area (Å²) in [5.74, 6) is 2.32. The number of allylic oxidation sites excluding steroid dienone is 3. The third-order valence-electron chi connectivity index (χ3n) is 5.70. The summed E-state index contributed by atoms with van der Waals surface area (Å²) in [7, 11) is 4.68. The first kappa shape index (κ1) is 27.7. The highest BCUT2D eigenvalue weighted by Crippen LogP contribution is 2.39. The number of ether oxygens (including phenoxy) is 2. The lowest BCUT2D eigenvalue weighted by atomic mass is 9.73. The molecule has 176 valence electrons. The Bertz CT molecular complexity index is 682. The van der Waals surface area contributed by atoms with E-state index < -0.39 is 0 Å². The summed E-state index contributed by atoms with van der Waals surface area (Å²) in [6.07, 6.45) is 11.0. The minimum absolute atomic E-state index is 0. The molecule has 0 radical (unpaired) electrons. The predicted molar refractivity (Wildman–Crippen MR) is 128 cm³/mol. The minimum atomic E-state index is 0. The smallest absolute Gasteiger partial charge is 0.119 e. The number of benzene rings is 1. The Morgan fingerprint density at radius 1 is 0.968 bits per heavy atom. The van der Waals surface area contributed by atoms with E-state index in [0.29, 0.717) is 25.0 Å². The molecule has 1 unspecified atom stereocenters. The summed E-state index contributed by atoms with van der Waals surface area (Å²) < 4.78 is 12.6. The lowest BCUT2D eigenvalue weighted by molar-refractivity contribution is -0.896. The lowest BCUT2D eigenvalue weighted by Crippen LogP contribution is -3.00. The fraction of sp³-hybridized carbons (Fsp3) is 0.630. The van der Waals surface area contributed by atoms with Gasteiger partial charge in [-0.3, -0.25) is 0 Å². The molecule has 4 heteroatoms. The Morgan fingerprint density at radius 2 is 1.68 bits per heavy atom. The van der Waals surface area contributed by atoms with Crippen LogP contribution in [-0.4, -0.2) is 51.5 Å². The van der Waals surface area contributed by atoms with Crippen molar-refractivity contribution >= 4 is 0 Å². The molecule has 0 saturated heterocycles. The van der Waals surface area contributed by atoms with Gasteiger partial charge in [0.25, 0.3) is 0 Å². The average molecular weight is 450 g/mol. The highest BCUT2D eigenvalue weighted by molar-refractivity contribution is 5.27. The maximum Gasteiger partial charge on any atom is 0.119 e. The quantitative estimate of drug-likeness (QED) is 0.340. The van der Waals surface area contributed by atoms with E-state index in [2.05, 4.69) is 60.0 Å². The van der Waals surface area contributed by atoms with Crippen LogP contribution in [0.1, 0.15) is 47.0 Å². The van der Waals surface area contributed by atoms with Crippen molar-refractivity contribution in [2.45, 2.75) is 47.0 Å². The molecule has 1 aliphatic carbocycles. The maximum atomic E-state index is 5.88.